The lowest BCUT2D eigenvalue weighted by atomic mass is 10.1. The van der Waals surface area contributed by atoms with Gasteiger partial charge < -0.3 is 4.90 Å². The van der Waals surface area contributed by atoms with E-state index in [1.807, 2.05) is 23.1 Å². The summed E-state index contributed by atoms with van der Waals surface area (Å²) in [5, 5.41) is 0.791. The first-order valence-corrected chi connectivity index (χ1v) is 13.9. The quantitative estimate of drug-likeness (QED) is 0.381. The van der Waals surface area contributed by atoms with Crippen LogP contribution in [0.5, 0.6) is 0 Å². The smallest absolute Gasteiger partial charge is 0.253 e. The zero-order chi connectivity index (χ0) is 25.0. The van der Waals surface area contributed by atoms with E-state index in [0.717, 1.165) is 31.4 Å². The van der Waals surface area contributed by atoms with Crippen LogP contribution in [0.15, 0.2) is 96.0 Å². The molecule has 2 heterocycles. The lowest BCUT2D eigenvalue weighted by Crippen LogP contribution is -2.49. The standard InChI is InChI=1S/C29H29N3O3S/c33-29(32-20-18-31(19-21-32)17-15-23-6-2-1-3-7-23)26-13-11-24(12-14-26)22-36(34,35)27-10-4-8-25-9-5-16-30-28(25)27/h1-14,16H,15,17-22H2. The van der Waals surface area contributed by atoms with Crippen molar-refractivity contribution in [3.05, 3.63) is 108 Å². The summed E-state index contributed by atoms with van der Waals surface area (Å²) in [7, 11) is -3.59. The fraction of sp³-hybridized carbons (Fsp3) is 0.241. The number of para-hydroxylation sites is 1. The minimum absolute atomic E-state index is 0.00892. The summed E-state index contributed by atoms with van der Waals surface area (Å²) in [6.45, 7) is 4.08. The number of sulfone groups is 1. The Bertz CT molecular complexity index is 1440. The summed E-state index contributed by atoms with van der Waals surface area (Å²) in [5.74, 6) is -0.151. The van der Waals surface area contributed by atoms with Crippen molar-refractivity contribution in [2.45, 2.75) is 17.1 Å². The molecular formula is C29H29N3O3S. The molecule has 0 saturated carbocycles. The van der Waals surface area contributed by atoms with Crippen LogP contribution in [0.1, 0.15) is 21.5 Å². The third kappa shape index (κ3) is 5.48. The molecule has 0 N–H and O–H groups in total. The number of hydrogen-bond acceptors (Lipinski definition) is 5. The number of piperazine rings is 1. The number of rotatable bonds is 7. The average molecular weight is 500 g/mol. The zero-order valence-electron chi connectivity index (χ0n) is 20.1. The molecule has 1 amide bonds. The zero-order valence-corrected chi connectivity index (χ0v) is 20.9. The summed E-state index contributed by atoms with van der Waals surface area (Å²) in [6.07, 6.45) is 2.61. The normalized spacial score (nSPS) is 14.7. The lowest BCUT2D eigenvalue weighted by molar-refractivity contribution is 0.0638. The van der Waals surface area contributed by atoms with Crippen molar-refractivity contribution in [2.24, 2.45) is 0 Å². The molecule has 0 radical (unpaired) electrons. The first-order valence-electron chi connectivity index (χ1n) is 12.2. The van der Waals surface area contributed by atoms with E-state index in [9.17, 15) is 13.2 Å². The molecule has 6 nitrogen and oxygen atoms in total. The summed E-state index contributed by atoms with van der Waals surface area (Å²) in [6, 6.07) is 26.2. The molecule has 5 rings (SSSR count). The van der Waals surface area contributed by atoms with Gasteiger partial charge in [-0.25, -0.2) is 8.42 Å². The van der Waals surface area contributed by atoms with Crippen LogP contribution in [-0.4, -0.2) is 61.8 Å². The number of nitrogens with zero attached hydrogens (tertiary/aromatic N) is 3. The maximum absolute atomic E-state index is 13.1. The fourth-order valence-electron chi connectivity index (χ4n) is 4.66. The van der Waals surface area contributed by atoms with Gasteiger partial charge in [0.05, 0.1) is 16.2 Å². The number of carbonyl (C=O) groups excluding carboxylic acids is 1. The Balaban J connectivity index is 1.19. The lowest BCUT2D eigenvalue weighted by Gasteiger charge is -2.34. The number of fused-ring (bicyclic) bond motifs is 1. The molecule has 184 valence electrons. The van der Waals surface area contributed by atoms with E-state index in [2.05, 4.69) is 34.1 Å². The molecule has 0 aliphatic carbocycles. The largest absolute Gasteiger partial charge is 0.336 e. The highest BCUT2D eigenvalue weighted by atomic mass is 32.2. The molecule has 0 bridgehead atoms. The van der Waals surface area contributed by atoms with Gasteiger partial charge in [-0.1, -0.05) is 60.7 Å². The second-order valence-corrected chi connectivity index (χ2v) is 11.1. The minimum atomic E-state index is -3.59. The summed E-state index contributed by atoms with van der Waals surface area (Å²) >= 11 is 0. The average Bonchev–Trinajstić information content (AvgIpc) is 2.92. The minimum Gasteiger partial charge on any atom is -0.336 e. The van der Waals surface area contributed by atoms with Crippen LogP contribution in [-0.2, 0) is 22.0 Å². The van der Waals surface area contributed by atoms with Gasteiger partial charge in [0, 0.05) is 49.9 Å². The summed E-state index contributed by atoms with van der Waals surface area (Å²) < 4.78 is 26.3. The van der Waals surface area contributed by atoms with Gasteiger partial charge in [0.2, 0.25) is 0 Å². The number of benzene rings is 3. The number of hydrogen-bond donors (Lipinski definition) is 0. The molecule has 1 aromatic heterocycles. The first kappa shape index (κ1) is 24.2. The molecule has 1 aliphatic rings. The van der Waals surface area contributed by atoms with Gasteiger partial charge in [0.15, 0.2) is 9.84 Å². The van der Waals surface area contributed by atoms with Gasteiger partial charge >= 0.3 is 0 Å². The van der Waals surface area contributed by atoms with E-state index < -0.39 is 9.84 Å². The highest BCUT2D eigenvalue weighted by molar-refractivity contribution is 7.90. The molecule has 4 aromatic rings. The Morgan fingerprint density at radius 2 is 1.50 bits per heavy atom. The van der Waals surface area contributed by atoms with Crippen LogP contribution in [0, 0.1) is 0 Å². The molecule has 3 aromatic carbocycles. The van der Waals surface area contributed by atoms with Gasteiger partial charge in [-0.3, -0.25) is 14.7 Å². The third-order valence-electron chi connectivity index (χ3n) is 6.71. The van der Waals surface area contributed by atoms with Crippen molar-refractivity contribution >= 4 is 26.6 Å². The van der Waals surface area contributed by atoms with Gasteiger partial charge in [-0.2, -0.15) is 0 Å². The van der Waals surface area contributed by atoms with Crippen molar-refractivity contribution in [3.8, 4) is 0 Å². The topological polar surface area (TPSA) is 70.6 Å². The van der Waals surface area contributed by atoms with Crippen molar-refractivity contribution in [1.29, 1.82) is 0 Å². The molecule has 1 fully saturated rings. The van der Waals surface area contributed by atoms with Crippen LogP contribution in [0.4, 0.5) is 0 Å². The van der Waals surface area contributed by atoms with E-state index in [4.69, 9.17) is 0 Å². The molecule has 1 aliphatic heterocycles. The van der Waals surface area contributed by atoms with Crippen molar-refractivity contribution in [1.82, 2.24) is 14.8 Å². The predicted octanol–water partition coefficient (Wildman–Crippen LogP) is 4.21. The second kappa shape index (κ2) is 10.6. The molecule has 1 saturated heterocycles. The van der Waals surface area contributed by atoms with E-state index in [-0.39, 0.29) is 16.6 Å². The summed E-state index contributed by atoms with van der Waals surface area (Å²) in [5.41, 5.74) is 3.04. The molecule has 7 heteroatoms. The van der Waals surface area contributed by atoms with Crippen LogP contribution in [0.2, 0.25) is 0 Å². The summed E-state index contributed by atoms with van der Waals surface area (Å²) in [4.78, 5) is 21.8. The maximum Gasteiger partial charge on any atom is 0.253 e. The molecule has 0 atom stereocenters. The van der Waals surface area contributed by atoms with Crippen molar-refractivity contribution < 1.29 is 13.2 Å². The number of pyridine rings is 1. The Hall–Kier alpha value is -3.55. The van der Waals surface area contributed by atoms with E-state index in [1.165, 1.54) is 5.56 Å². The highest BCUT2D eigenvalue weighted by Gasteiger charge is 2.23. The van der Waals surface area contributed by atoms with Crippen molar-refractivity contribution in [2.75, 3.05) is 32.7 Å². The van der Waals surface area contributed by atoms with Crippen LogP contribution in [0.3, 0.4) is 0 Å². The second-order valence-electron chi connectivity index (χ2n) is 9.16. The maximum atomic E-state index is 13.1. The Morgan fingerprint density at radius 3 is 2.25 bits per heavy atom. The van der Waals surface area contributed by atoms with Crippen LogP contribution in [0.25, 0.3) is 10.9 Å². The van der Waals surface area contributed by atoms with Gasteiger partial charge in [-0.05, 0) is 41.8 Å². The molecule has 0 unspecified atom stereocenters. The molecule has 36 heavy (non-hydrogen) atoms. The van der Waals surface area contributed by atoms with Crippen molar-refractivity contribution in [3.63, 3.8) is 0 Å². The van der Waals surface area contributed by atoms with E-state index in [1.54, 1.807) is 48.7 Å². The van der Waals surface area contributed by atoms with Crippen LogP contribution >= 0.6 is 0 Å². The SMILES string of the molecule is O=C(c1ccc(CS(=O)(=O)c2cccc3cccnc23)cc1)N1CCN(CCc2ccccc2)CC1. The van der Waals surface area contributed by atoms with Gasteiger partial charge in [-0.15, -0.1) is 0 Å². The monoisotopic (exact) mass is 499 g/mol. The third-order valence-corrected chi connectivity index (χ3v) is 8.42. The highest BCUT2D eigenvalue weighted by Crippen LogP contribution is 2.24. The number of carbonyl (C=O) groups is 1. The Labute approximate surface area is 212 Å². The van der Waals surface area contributed by atoms with E-state index >= 15 is 0 Å². The number of aromatic nitrogens is 1. The van der Waals surface area contributed by atoms with Crippen LogP contribution < -0.4 is 0 Å². The first-order chi connectivity index (χ1) is 17.5. The molecule has 0 spiro atoms. The van der Waals surface area contributed by atoms with E-state index in [0.29, 0.717) is 29.7 Å². The predicted molar refractivity (Wildman–Crippen MR) is 142 cm³/mol. The molecular weight excluding hydrogens is 470 g/mol. The van der Waals surface area contributed by atoms with Gasteiger partial charge in [0.25, 0.3) is 5.91 Å². The Kier molecular flexibility index (Phi) is 7.11. The number of amides is 1. The Morgan fingerprint density at radius 1 is 0.778 bits per heavy atom. The fourth-order valence-corrected chi connectivity index (χ4v) is 6.19. The van der Waals surface area contributed by atoms with Gasteiger partial charge in [0.1, 0.15) is 0 Å².